The van der Waals surface area contributed by atoms with Crippen molar-refractivity contribution in [2.24, 2.45) is 0 Å². The Balaban J connectivity index is 2.23. The van der Waals surface area contributed by atoms with Gasteiger partial charge >= 0.3 is 0 Å². The topological polar surface area (TPSA) is 38.7 Å². The van der Waals surface area contributed by atoms with Gasteiger partial charge in [-0.25, -0.2) is 0 Å². The molecule has 0 heterocycles. The second-order valence-electron chi connectivity index (χ2n) is 4.82. The summed E-state index contributed by atoms with van der Waals surface area (Å²) in [6, 6.07) is 3.64. The Labute approximate surface area is 113 Å². The van der Waals surface area contributed by atoms with Crippen molar-refractivity contribution in [2.75, 3.05) is 7.11 Å². The van der Waals surface area contributed by atoms with Gasteiger partial charge in [0, 0.05) is 11.1 Å². The lowest BCUT2D eigenvalue weighted by atomic mass is 9.96. The molecule has 1 fully saturated rings. The van der Waals surface area contributed by atoms with Gasteiger partial charge in [0.25, 0.3) is 0 Å². The molecule has 0 bridgehead atoms. The van der Waals surface area contributed by atoms with Gasteiger partial charge < -0.3 is 14.6 Å². The highest BCUT2D eigenvalue weighted by Gasteiger charge is 2.21. The number of aliphatic hydroxyl groups excluding tert-OH is 1. The van der Waals surface area contributed by atoms with E-state index in [0.29, 0.717) is 23.3 Å². The zero-order valence-electron chi connectivity index (χ0n) is 10.8. The maximum absolute atomic E-state index is 9.46. The first kappa shape index (κ1) is 13.5. The summed E-state index contributed by atoms with van der Waals surface area (Å²) in [5.74, 6) is 1.38. The minimum atomic E-state index is -0.424. The van der Waals surface area contributed by atoms with E-state index in [4.69, 9.17) is 21.1 Å². The lowest BCUT2D eigenvalue weighted by Gasteiger charge is -2.27. The molecular weight excluding hydrogens is 252 g/mol. The van der Waals surface area contributed by atoms with E-state index in [9.17, 15) is 5.11 Å². The maximum Gasteiger partial charge on any atom is 0.162 e. The van der Waals surface area contributed by atoms with Crippen LogP contribution in [0.15, 0.2) is 12.1 Å². The van der Waals surface area contributed by atoms with Gasteiger partial charge in [-0.1, -0.05) is 11.6 Å². The number of ether oxygens (including phenoxy) is 2. The van der Waals surface area contributed by atoms with Crippen molar-refractivity contribution in [3.05, 3.63) is 22.7 Å². The Morgan fingerprint density at radius 3 is 2.61 bits per heavy atom. The van der Waals surface area contributed by atoms with Gasteiger partial charge in [-0.3, -0.25) is 0 Å². The van der Waals surface area contributed by atoms with Crippen LogP contribution in [0.5, 0.6) is 11.5 Å². The van der Waals surface area contributed by atoms with Crippen LogP contribution in [0, 0.1) is 0 Å². The summed E-state index contributed by atoms with van der Waals surface area (Å²) in [6.45, 7) is 1.74. The van der Waals surface area contributed by atoms with E-state index in [1.54, 1.807) is 20.1 Å². The summed E-state index contributed by atoms with van der Waals surface area (Å²) < 4.78 is 11.2. The molecule has 100 valence electrons. The van der Waals surface area contributed by atoms with Gasteiger partial charge in [0.1, 0.15) is 0 Å². The minimum Gasteiger partial charge on any atom is -0.493 e. The molecule has 1 N–H and O–H groups in total. The van der Waals surface area contributed by atoms with Crippen molar-refractivity contribution in [3.63, 3.8) is 0 Å². The van der Waals surface area contributed by atoms with Crippen LogP contribution in [0.4, 0.5) is 0 Å². The number of aliphatic hydroxyl groups is 1. The number of hydrogen-bond acceptors (Lipinski definition) is 3. The Hall–Kier alpha value is -0.930. The predicted octanol–water partition coefficient (Wildman–Crippen LogP) is 3.20. The largest absolute Gasteiger partial charge is 0.493 e. The summed E-state index contributed by atoms with van der Waals surface area (Å²) in [7, 11) is 1.60. The maximum atomic E-state index is 9.46. The van der Waals surface area contributed by atoms with Crippen LogP contribution in [0.25, 0.3) is 0 Å². The molecule has 3 nitrogen and oxygen atoms in total. The summed E-state index contributed by atoms with van der Waals surface area (Å²) in [4.78, 5) is 0. The van der Waals surface area contributed by atoms with Crippen LogP contribution in [-0.2, 0) is 6.42 Å². The summed E-state index contributed by atoms with van der Waals surface area (Å²) >= 11 is 6.16. The molecule has 0 aromatic heterocycles. The van der Waals surface area contributed by atoms with Gasteiger partial charge in [-0.05, 0) is 44.2 Å². The average Bonchev–Trinajstić information content (AvgIpc) is 2.26. The quantitative estimate of drug-likeness (QED) is 0.893. The molecule has 1 aromatic carbocycles. The summed E-state index contributed by atoms with van der Waals surface area (Å²) in [5, 5.41) is 10.1. The van der Waals surface area contributed by atoms with Crippen molar-refractivity contribution in [1.29, 1.82) is 0 Å². The molecule has 1 aliphatic carbocycles. The van der Waals surface area contributed by atoms with E-state index >= 15 is 0 Å². The molecule has 0 radical (unpaired) electrons. The Bertz CT molecular complexity index is 414. The number of halogens is 1. The lowest BCUT2D eigenvalue weighted by Crippen LogP contribution is -2.24. The van der Waals surface area contributed by atoms with Crippen molar-refractivity contribution in [2.45, 2.75) is 44.8 Å². The van der Waals surface area contributed by atoms with Gasteiger partial charge in [-0.15, -0.1) is 0 Å². The fourth-order valence-corrected chi connectivity index (χ4v) is 2.20. The Morgan fingerprint density at radius 1 is 1.39 bits per heavy atom. The second kappa shape index (κ2) is 5.81. The first-order chi connectivity index (χ1) is 8.60. The van der Waals surface area contributed by atoms with E-state index in [-0.39, 0.29) is 0 Å². The van der Waals surface area contributed by atoms with Crippen LogP contribution in [0.2, 0.25) is 5.02 Å². The molecular formula is C14H19ClO3. The van der Waals surface area contributed by atoms with E-state index in [1.807, 2.05) is 6.07 Å². The third-order valence-electron chi connectivity index (χ3n) is 3.19. The number of rotatable bonds is 5. The summed E-state index contributed by atoms with van der Waals surface area (Å²) in [6.07, 6.45) is 3.80. The molecule has 0 aliphatic heterocycles. The van der Waals surface area contributed by atoms with Crippen molar-refractivity contribution < 1.29 is 14.6 Å². The minimum absolute atomic E-state index is 0.291. The second-order valence-corrected chi connectivity index (χ2v) is 5.23. The fraction of sp³-hybridized carbons (Fsp3) is 0.571. The van der Waals surface area contributed by atoms with E-state index in [1.165, 1.54) is 6.42 Å². The van der Waals surface area contributed by atoms with Crippen molar-refractivity contribution in [1.82, 2.24) is 0 Å². The van der Waals surface area contributed by atoms with E-state index in [0.717, 1.165) is 24.2 Å². The van der Waals surface area contributed by atoms with Crippen molar-refractivity contribution >= 4 is 11.6 Å². The molecule has 2 rings (SSSR count). The number of methoxy groups -OCH3 is 1. The Kier molecular flexibility index (Phi) is 4.36. The summed E-state index contributed by atoms with van der Waals surface area (Å²) in [5.41, 5.74) is 0.891. The molecule has 1 aromatic rings. The third kappa shape index (κ3) is 3.09. The first-order valence-corrected chi connectivity index (χ1v) is 6.69. The van der Waals surface area contributed by atoms with E-state index in [2.05, 4.69) is 0 Å². The molecule has 4 heteroatoms. The predicted molar refractivity (Wildman–Crippen MR) is 71.7 cm³/mol. The van der Waals surface area contributed by atoms with Gasteiger partial charge in [0.15, 0.2) is 11.5 Å². The van der Waals surface area contributed by atoms with Crippen LogP contribution in [-0.4, -0.2) is 24.4 Å². The number of hydrogen-bond donors (Lipinski definition) is 1. The standard InChI is InChI=1S/C14H19ClO3/c1-9(16)6-10-7-14(18-11-4-3-5-11)13(17-2)8-12(10)15/h7-9,11,16H,3-6H2,1-2H3. The molecule has 1 unspecified atom stereocenters. The van der Waals surface area contributed by atoms with Crippen LogP contribution < -0.4 is 9.47 Å². The smallest absolute Gasteiger partial charge is 0.162 e. The first-order valence-electron chi connectivity index (χ1n) is 6.31. The normalized spacial score (nSPS) is 17.1. The Morgan fingerprint density at radius 2 is 2.11 bits per heavy atom. The van der Waals surface area contributed by atoms with Crippen LogP contribution in [0.3, 0.4) is 0 Å². The van der Waals surface area contributed by atoms with E-state index < -0.39 is 6.10 Å². The molecule has 0 spiro atoms. The highest BCUT2D eigenvalue weighted by atomic mass is 35.5. The van der Waals surface area contributed by atoms with Gasteiger partial charge in [-0.2, -0.15) is 0 Å². The fourth-order valence-electron chi connectivity index (χ4n) is 1.97. The van der Waals surface area contributed by atoms with Gasteiger partial charge in [0.05, 0.1) is 19.3 Å². The molecule has 18 heavy (non-hydrogen) atoms. The van der Waals surface area contributed by atoms with Crippen LogP contribution >= 0.6 is 11.6 Å². The molecule has 0 amide bonds. The third-order valence-corrected chi connectivity index (χ3v) is 3.55. The highest BCUT2D eigenvalue weighted by Crippen LogP contribution is 2.36. The highest BCUT2D eigenvalue weighted by molar-refractivity contribution is 6.31. The van der Waals surface area contributed by atoms with Gasteiger partial charge in [0.2, 0.25) is 0 Å². The van der Waals surface area contributed by atoms with Crippen LogP contribution in [0.1, 0.15) is 31.7 Å². The lowest BCUT2D eigenvalue weighted by molar-refractivity contribution is 0.116. The monoisotopic (exact) mass is 270 g/mol. The van der Waals surface area contributed by atoms with Crippen molar-refractivity contribution in [3.8, 4) is 11.5 Å². The zero-order chi connectivity index (χ0) is 13.1. The SMILES string of the molecule is COc1cc(Cl)c(CC(C)O)cc1OC1CCC1. The molecule has 0 saturated heterocycles. The average molecular weight is 271 g/mol. The molecule has 1 saturated carbocycles. The molecule has 1 atom stereocenters. The number of benzene rings is 1. The molecule has 1 aliphatic rings. The zero-order valence-corrected chi connectivity index (χ0v) is 11.5.